The Morgan fingerprint density at radius 2 is 1.55 bits per heavy atom. The van der Waals surface area contributed by atoms with Gasteiger partial charge < -0.3 is 22.1 Å². The molecule has 0 atom stereocenters. The van der Waals surface area contributed by atoms with Crippen LogP contribution in [-0.2, 0) is 0 Å². The molecule has 1 nitrogen and oxygen atoms in total. The first-order valence-corrected chi connectivity index (χ1v) is 2.73. The first-order valence-electron chi connectivity index (χ1n) is 2.73. The van der Waals surface area contributed by atoms with E-state index in [4.69, 9.17) is 5.11 Å². The predicted octanol–water partition coefficient (Wildman–Crippen LogP) is -2.61. The van der Waals surface area contributed by atoms with Crippen molar-refractivity contribution in [3.05, 3.63) is 35.9 Å². The van der Waals surface area contributed by atoms with E-state index in [1.54, 1.807) is 0 Å². The maximum Gasteiger partial charge on any atom is 2.00 e. The Labute approximate surface area is 94.7 Å². The molecule has 0 fully saturated rings. The Balaban J connectivity index is -0.000000149. The molecule has 0 spiro atoms. The standard InChI is InChI=1S/C7H7.CH3O.BrH.Mg/c1-7-5-3-2-4-6-7;1-2;;/h3-6H,1H3;1H3;1H;/q2*-1;;+2/p-1. The van der Waals surface area contributed by atoms with Gasteiger partial charge in [0.15, 0.2) is 0 Å². The summed E-state index contributed by atoms with van der Waals surface area (Å²) in [4.78, 5) is 0. The van der Waals surface area contributed by atoms with Gasteiger partial charge in [-0.25, -0.2) is 0 Å². The van der Waals surface area contributed by atoms with Gasteiger partial charge in [-0.15, -0.1) is 0 Å². The molecule has 1 aromatic carbocycles. The van der Waals surface area contributed by atoms with E-state index in [0.29, 0.717) is 0 Å². The van der Waals surface area contributed by atoms with E-state index in [1.807, 2.05) is 24.3 Å². The molecule has 0 saturated carbocycles. The van der Waals surface area contributed by atoms with Crippen LogP contribution in [0.2, 0.25) is 0 Å². The fourth-order valence-corrected chi connectivity index (χ4v) is 0.470. The van der Waals surface area contributed by atoms with Crippen LogP contribution in [0.25, 0.3) is 0 Å². The summed E-state index contributed by atoms with van der Waals surface area (Å²) in [6.07, 6.45) is 0. The third-order valence-electron chi connectivity index (χ3n) is 0.885. The van der Waals surface area contributed by atoms with Gasteiger partial charge in [-0.2, -0.15) is 43.0 Å². The molecule has 0 aliphatic rings. The average Bonchev–Trinajstić information content (AvgIpc) is 1.94. The van der Waals surface area contributed by atoms with Crippen molar-refractivity contribution < 1.29 is 22.1 Å². The summed E-state index contributed by atoms with van der Waals surface area (Å²) in [7, 11) is 0.750. The van der Waals surface area contributed by atoms with E-state index in [2.05, 4.69) is 13.0 Å². The smallest absolute Gasteiger partial charge is 1.00 e. The van der Waals surface area contributed by atoms with Crippen LogP contribution in [0, 0.1) is 13.0 Å². The maximum absolute atomic E-state index is 8.25. The Kier molecular flexibility index (Phi) is 20.8. The molecule has 0 bridgehead atoms. The molecule has 1 rings (SSSR count). The summed E-state index contributed by atoms with van der Waals surface area (Å²) in [5.74, 6) is 0. The molecule has 3 heteroatoms. The van der Waals surface area contributed by atoms with Gasteiger partial charge in [0.05, 0.1) is 0 Å². The Bertz CT molecular complexity index is 144. The van der Waals surface area contributed by atoms with Crippen molar-refractivity contribution in [3.8, 4) is 0 Å². The molecule has 0 radical (unpaired) electrons. The first-order chi connectivity index (χ1) is 4.39. The van der Waals surface area contributed by atoms with Crippen LogP contribution in [0.3, 0.4) is 0 Å². The summed E-state index contributed by atoms with van der Waals surface area (Å²) in [6, 6.07) is 10.8. The summed E-state index contributed by atoms with van der Waals surface area (Å²) >= 11 is 0. The second kappa shape index (κ2) is 13.0. The fraction of sp³-hybridized carbons (Fsp3) is 0.250. The fourth-order valence-electron chi connectivity index (χ4n) is 0.470. The zero-order chi connectivity index (χ0) is 7.11. The number of rotatable bonds is 0. The summed E-state index contributed by atoms with van der Waals surface area (Å²) in [5.41, 5.74) is 1.29. The molecule has 0 aliphatic carbocycles. The van der Waals surface area contributed by atoms with Crippen molar-refractivity contribution in [2.24, 2.45) is 0 Å². The molecule has 0 heterocycles. The van der Waals surface area contributed by atoms with Gasteiger partial charge in [-0.3, -0.25) is 0 Å². The molecule has 11 heavy (non-hydrogen) atoms. The van der Waals surface area contributed by atoms with E-state index < -0.39 is 0 Å². The molecule has 0 aromatic heterocycles. The summed E-state index contributed by atoms with van der Waals surface area (Å²) in [6.45, 7) is 2.06. The zero-order valence-corrected chi connectivity index (χ0v) is 9.80. The molecule has 1 aromatic rings. The Hall–Kier alpha value is 0.426. The maximum atomic E-state index is 8.25. The van der Waals surface area contributed by atoms with Gasteiger partial charge in [0.1, 0.15) is 0 Å². The Morgan fingerprint density at radius 1 is 1.18 bits per heavy atom. The van der Waals surface area contributed by atoms with Crippen LogP contribution in [0.15, 0.2) is 24.3 Å². The van der Waals surface area contributed by atoms with Crippen molar-refractivity contribution in [2.75, 3.05) is 7.11 Å². The van der Waals surface area contributed by atoms with Gasteiger partial charge in [0.2, 0.25) is 0 Å². The predicted molar refractivity (Wildman–Crippen MR) is 41.7 cm³/mol. The number of benzene rings is 1. The molecule has 0 aliphatic heterocycles. The van der Waals surface area contributed by atoms with Crippen LogP contribution < -0.4 is 22.1 Å². The van der Waals surface area contributed by atoms with Gasteiger partial charge in [0.25, 0.3) is 0 Å². The number of hydrogen-bond acceptors (Lipinski definition) is 1. The van der Waals surface area contributed by atoms with Crippen molar-refractivity contribution >= 4 is 23.1 Å². The van der Waals surface area contributed by atoms with Crippen LogP contribution in [0.5, 0.6) is 0 Å². The quantitative estimate of drug-likeness (QED) is 0.351. The minimum Gasteiger partial charge on any atom is -1.00 e. The van der Waals surface area contributed by atoms with E-state index in [9.17, 15) is 0 Å². The Morgan fingerprint density at radius 3 is 1.73 bits per heavy atom. The monoisotopic (exact) mass is 225 g/mol. The van der Waals surface area contributed by atoms with Gasteiger partial charge in [0, 0.05) is 0 Å². The third-order valence-corrected chi connectivity index (χ3v) is 0.885. The minimum atomic E-state index is 0. The third kappa shape index (κ3) is 10.4. The molecule has 58 valence electrons. The molecular formula is C8H10BrMgO-. The van der Waals surface area contributed by atoms with Crippen molar-refractivity contribution in [1.82, 2.24) is 0 Å². The number of aryl methyl sites for hydroxylation is 1. The second-order valence-corrected chi connectivity index (χ2v) is 1.58. The van der Waals surface area contributed by atoms with E-state index in [0.717, 1.165) is 7.11 Å². The number of halogens is 1. The van der Waals surface area contributed by atoms with E-state index in [-0.39, 0.29) is 40.0 Å². The molecule has 0 amide bonds. The molecule has 0 N–H and O–H groups in total. The normalized spacial score (nSPS) is 6.09. The summed E-state index contributed by atoms with van der Waals surface area (Å²) < 4.78 is 0. The van der Waals surface area contributed by atoms with Crippen molar-refractivity contribution in [1.29, 1.82) is 0 Å². The second-order valence-electron chi connectivity index (χ2n) is 1.58. The average molecular weight is 226 g/mol. The first kappa shape index (κ1) is 17.5. The van der Waals surface area contributed by atoms with Crippen LogP contribution in [-0.4, -0.2) is 30.2 Å². The van der Waals surface area contributed by atoms with Crippen molar-refractivity contribution in [2.45, 2.75) is 6.92 Å². The van der Waals surface area contributed by atoms with E-state index in [1.165, 1.54) is 5.56 Å². The molecular weight excluding hydrogens is 216 g/mol. The van der Waals surface area contributed by atoms with E-state index >= 15 is 0 Å². The van der Waals surface area contributed by atoms with Gasteiger partial charge >= 0.3 is 23.1 Å². The molecule has 0 unspecified atom stereocenters. The topological polar surface area (TPSA) is 23.1 Å². The SMILES string of the molecule is C[O-].Cc1cc[c-]cc1.[Br-].[Mg+2]. The van der Waals surface area contributed by atoms with Crippen LogP contribution in [0.4, 0.5) is 0 Å². The zero-order valence-electron chi connectivity index (χ0n) is 6.80. The van der Waals surface area contributed by atoms with Crippen molar-refractivity contribution in [3.63, 3.8) is 0 Å². The van der Waals surface area contributed by atoms with Gasteiger partial charge in [-0.1, -0.05) is 6.92 Å². The largest absolute Gasteiger partial charge is 2.00 e. The minimum absolute atomic E-state index is 0. The van der Waals surface area contributed by atoms with Crippen LogP contribution in [0.1, 0.15) is 5.56 Å². The van der Waals surface area contributed by atoms with Gasteiger partial charge in [-0.05, 0) is 0 Å². The molecule has 0 saturated heterocycles. The summed E-state index contributed by atoms with van der Waals surface area (Å²) in [5, 5.41) is 8.25. The van der Waals surface area contributed by atoms with Crippen LogP contribution >= 0.6 is 0 Å². The number of hydrogen-bond donors (Lipinski definition) is 0.